The Morgan fingerprint density at radius 3 is 2.46 bits per heavy atom. The molecule has 0 saturated carbocycles. The van der Waals surface area contributed by atoms with Gasteiger partial charge in [0.05, 0.1) is 6.33 Å². The van der Waals surface area contributed by atoms with E-state index in [1.165, 1.54) is 18.5 Å². The van der Waals surface area contributed by atoms with Crippen molar-refractivity contribution in [3.05, 3.63) is 77.5 Å². The summed E-state index contributed by atoms with van der Waals surface area (Å²) in [5.74, 6) is 0.0707. The maximum atomic E-state index is 12.4. The number of ether oxygens (including phenoxy) is 1. The van der Waals surface area contributed by atoms with Gasteiger partial charge in [0.1, 0.15) is 16.8 Å². The van der Waals surface area contributed by atoms with E-state index in [1.807, 2.05) is 36.5 Å². The number of rotatable bonds is 4. The molecule has 2 aromatic heterocycles. The molecule has 0 aliphatic heterocycles. The highest BCUT2D eigenvalue weighted by atomic mass is 19.3. The van der Waals surface area contributed by atoms with E-state index in [0.29, 0.717) is 11.0 Å². The van der Waals surface area contributed by atoms with Gasteiger partial charge in [-0.05, 0) is 29.8 Å². The highest BCUT2D eigenvalue weighted by molar-refractivity contribution is 5.93. The summed E-state index contributed by atoms with van der Waals surface area (Å²) in [7, 11) is 0. The van der Waals surface area contributed by atoms with Crippen molar-refractivity contribution in [1.29, 1.82) is 0 Å². The SMILES string of the molecule is O=c1[nH]cnc2c(-c3ccc(OC(F)F)cc3)cn(-c3ccccc3)c12. The fourth-order valence-corrected chi connectivity index (χ4v) is 2.89. The van der Waals surface area contributed by atoms with Gasteiger partial charge in [-0.25, -0.2) is 4.98 Å². The zero-order chi connectivity index (χ0) is 18.1. The number of aromatic nitrogens is 3. The second-order valence-corrected chi connectivity index (χ2v) is 5.58. The van der Waals surface area contributed by atoms with Gasteiger partial charge in [-0.1, -0.05) is 30.3 Å². The van der Waals surface area contributed by atoms with Crippen molar-refractivity contribution >= 4 is 11.0 Å². The van der Waals surface area contributed by atoms with Crippen LogP contribution in [0.3, 0.4) is 0 Å². The van der Waals surface area contributed by atoms with Crippen LogP contribution in [0.5, 0.6) is 5.75 Å². The number of fused-ring (bicyclic) bond motifs is 1. The molecule has 0 spiro atoms. The van der Waals surface area contributed by atoms with E-state index in [4.69, 9.17) is 0 Å². The maximum absolute atomic E-state index is 12.4. The van der Waals surface area contributed by atoms with Gasteiger partial charge in [0.15, 0.2) is 0 Å². The van der Waals surface area contributed by atoms with E-state index >= 15 is 0 Å². The Morgan fingerprint density at radius 1 is 1.04 bits per heavy atom. The standard InChI is InChI=1S/C19H13F2N3O2/c20-19(21)26-14-8-6-12(7-9-14)15-10-24(13-4-2-1-3-5-13)17-16(15)22-11-23-18(17)25/h1-11,19H,(H,22,23,25). The fraction of sp³-hybridized carbons (Fsp3) is 0.0526. The summed E-state index contributed by atoms with van der Waals surface area (Å²) in [4.78, 5) is 19.3. The number of alkyl halides is 2. The average Bonchev–Trinajstić information content (AvgIpc) is 3.04. The van der Waals surface area contributed by atoms with Gasteiger partial charge in [0.25, 0.3) is 5.56 Å². The third-order valence-corrected chi connectivity index (χ3v) is 4.01. The molecule has 0 atom stereocenters. The molecule has 0 radical (unpaired) electrons. The molecule has 0 aliphatic rings. The number of hydrogen-bond acceptors (Lipinski definition) is 3. The Bertz CT molecular complexity index is 1100. The van der Waals surface area contributed by atoms with Crippen molar-refractivity contribution in [2.45, 2.75) is 6.61 Å². The number of aromatic amines is 1. The lowest BCUT2D eigenvalue weighted by Gasteiger charge is -2.05. The molecule has 4 rings (SSSR count). The lowest BCUT2D eigenvalue weighted by atomic mass is 10.1. The molecule has 1 N–H and O–H groups in total. The van der Waals surface area contributed by atoms with Crippen LogP contribution >= 0.6 is 0 Å². The molecular formula is C19H13F2N3O2. The molecule has 0 fully saturated rings. The van der Waals surface area contributed by atoms with Gasteiger partial charge in [0.2, 0.25) is 0 Å². The molecule has 4 aromatic rings. The minimum absolute atomic E-state index is 0.0707. The summed E-state index contributed by atoms with van der Waals surface area (Å²) in [6.07, 6.45) is 3.16. The van der Waals surface area contributed by atoms with Crippen molar-refractivity contribution in [2.24, 2.45) is 0 Å². The van der Waals surface area contributed by atoms with Crippen LogP contribution in [0.25, 0.3) is 27.8 Å². The number of halogens is 2. The van der Waals surface area contributed by atoms with Crippen LogP contribution in [-0.2, 0) is 0 Å². The van der Waals surface area contributed by atoms with Gasteiger partial charge < -0.3 is 14.3 Å². The third-order valence-electron chi connectivity index (χ3n) is 4.01. The normalized spacial score (nSPS) is 11.2. The van der Waals surface area contributed by atoms with Crippen LogP contribution in [0.4, 0.5) is 8.78 Å². The molecule has 0 saturated heterocycles. The van der Waals surface area contributed by atoms with Crippen LogP contribution in [-0.4, -0.2) is 21.1 Å². The lowest BCUT2D eigenvalue weighted by Crippen LogP contribution is -2.09. The first kappa shape index (κ1) is 16.0. The second kappa shape index (κ2) is 6.44. The van der Waals surface area contributed by atoms with Gasteiger partial charge >= 0.3 is 6.61 Å². The average molecular weight is 353 g/mol. The van der Waals surface area contributed by atoms with Crippen LogP contribution in [0.15, 0.2) is 71.9 Å². The highest BCUT2D eigenvalue weighted by Crippen LogP contribution is 2.30. The topological polar surface area (TPSA) is 59.9 Å². The smallest absolute Gasteiger partial charge is 0.387 e. The molecule has 0 aliphatic carbocycles. The van der Waals surface area contributed by atoms with Crippen LogP contribution in [0.1, 0.15) is 0 Å². The van der Waals surface area contributed by atoms with Crippen molar-refractivity contribution in [2.75, 3.05) is 0 Å². The summed E-state index contributed by atoms with van der Waals surface area (Å²) in [5, 5.41) is 0. The predicted molar refractivity (Wildman–Crippen MR) is 93.8 cm³/mol. The minimum atomic E-state index is -2.87. The monoisotopic (exact) mass is 353 g/mol. The number of H-pyrrole nitrogens is 1. The summed E-state index contributed by atoms with van der Waals surface area (Å²) in [6.45, 7) is -2.87. The summed E-state index contributed by atoms with van der Waals surface area (Å²) < 4.78 is 30.8. The molecule has 2 aromatic carbocycles. The molecule has 0 amide bonds. The van der Waals surface area contributed by atoms with Crippen molar-refractivity contribution in [1.82, 2.24) is 14.5 Å². The highest BCUT2D eigenvalue weighted by Gasteiger charge is 2.16. The summed E-state index contributed by atoms with van der Waals surface area (Å²) in [6, 6.07) is 15.6. The Labute approximate surface area is 146 Å². The fourth-order valence-electron chi connectivity index (χ4n) is 2.89. The number of nitrogens with one attached hydrogen (secondary N) is 1. The zero-order valence-electron chi connectivity index (χ0n) is 13.4. The number of nitrogens with zero attached hydrogens (tertiary/aromatic N) is 2. The summed E-state index contributed by atoms with van der Waals surface area (Å²) in [5.41, 5.74) is 2.97. The molecule has 0 bridgehead atoms. The molecule has 2 heterocycles. The van der Waals surface area contributed by atoms with E-state index < -0.39 is 6.61 Å². The van der Waals surface area contributed by atoms with Gasteiger partial charge in [-0.15, -0.1) is 0 Å². The molecular weight excluding hydrogens is 340 g/mol. The minimum Gasteiger partial charge on any atom is -0.435 e. The van der Waals surface area contributed by atoms with Crippen molar-refractivity contribution in [3.63, 3.8) is 0 Å². The largest absolute Gasteiger partial charge is 0.435 e. The quantitative estimate of drug-likeness (QED) is 0.604. The Balaban J connectivity index is 1.89. The maximum Gasteiger partial charge on any atom is 0.387 e. The van der Waals surface area contributed by atoms with E-state index in [-0.39, 0.29) is 11.3 Å². The first-order chi connectivity index (χ1) is 12.6. The van der Waals surface area contributed by atoms with Crippen LogP contribution in [0.2, 0.25) is 0 Å². The number of hydrogen-bond donors (Lipinski definition) is 1. The first-order valence-electron chi connectivity index (χ1n) is 7.83. The van der Waals surface area contributed by atoms with Gasteiger partial charge in [0, 0.05) is 17.4 Å². The Hall–Kier alpha value is -3.48. The van der Waals surface area contributed by atoms with E-state index in [0.717, 1.165) is 16.8 Å². The van der Waals surface area contributed by atoms with Crippen LogP contribution in [0, 0.1) is 0 Å². The molecule has 26 heavy (non-hydrogen) atoms. The molecule has 5 nitrogen and oxygen atoms in total. The van der Waals surface area contributed by atoms with Crippen LogP contribution < -0.4 is 10.3 Å². The predicted octanol–water partition coefficient (Wildman–Crippen LogP) is 3.98. The second-order valence-electron chi connectivity index (χ2n) is 5.58. The van der Waals surface area contributed by atoms with E-state index in [2.05, 4.69) is 14.7 Å². The Kier molecular flexibility index (Phi) is 3.96. The number of benzene rings is 2. The zero-order valence-corrected chi connectivity index (χ0v) is 13.4. The third kappa shape index (κ3) is 2.83. The van der Waals surface area contributed by atoms with Crippen molar-refractivity contribution in [3.8, 4) is 22.6 Å². The molecule has 7 heteroatoms. The first-order valence-corrected chi connectivity index (χ1v) is 7.83. The van der Waals surface area contributed by atoms with Gasteiger partial charge in [-0.3, -0.25) is 4.79 Å². The van der Waals surface area contributed by atoms with Crippen molar-refractivity contribution < 1.29 is 13.5 Å². The molecule has 130 valence electrons. The number of para-hydroxylation sites is 1. The molecule has 0 unspecified atom stereocenters. The summed E-state index contributed by atoms with van der Waals surface area (Å²) >= 11 is 0. The van der Waals surface area contributed by atoms with E-state index in [9.17, 15) is 13.6 Å². The van der Waals surface area contributed by atoms with E-state index in [1.54, 1.807) is 16.7 Å². The van der Waals surface area contributed by atoms with Gasteiger partial charge in [-0.2, -0.15) is 8.78 Å². The lowest BCUT2D eigenvalue weighted by molar-refractivity contribution is -0.0498. The Morgan fingerprint density at radius 2 is 1.77 bits per heavy atom.